The van der Waals surface area contributed by atoms with Gasteiger partial charge >= 0.3 is 11.9 Å². The van der Waals surface area contributed by atoms with E-state index in [0.717, 1.165) is 25.1 Å². The molecule has 86 valence electrons. The molecule has 0 aliphatic heterocycles. The van der Waals surface area contributed by atoms with Crippen LogP contribution in [0.2, 0.25) is 0 Å². The Balaban J connectivity index is 3.45. The first kappa shape index (κ1) is 12.2. The molecule has 0 heterocycles. The predicted octanol–water partition coefficient (Wildman–Crippen LogP) is 0.240. The van der Waals surface area contributed by atoms with Crippen LogP contribution in [0.5, 0.6) is 0 Å². The summed E-state index contributed by atoms with van der Waals surface area (Å²) in [4.78, 5) is 21.4. The first-order valence-electron chi connectivity index (χ1n) is 4.29. The van der Waals surface area contributed by atoms with Crippen molar-refractivity contribution in [2.45, 2.75) is 12.7 Å². The predicted molar refractivity (Wildman–Crippen MR) is 52.2 cm³/mol. The number of carboxylic acids is 2. The fourth-order valence-corrected chi connectivity index (χ4v) is 1.26. The van der Waals surface area contributed by atoms with E-state index < -0.39 is 17.7 Å². The minimum Gasteiger partial charge on any atom is -0.478 e. The van der Waals surface area contributed by atoms with Gasteiger partial charge in [0.15, 0.2) is 5.79 Å². The molecule has 0 amide bonds. The normalized spacial score (nSPS) is 11.2. The monoisotopic (exact) mass is 226 g/mol. The van der Waals surface area contributed by atoms with Crippen molar-refractivity contribution >= 4 is 11.9 Å². The molecule has 0 aliphatic carbocycles. The maximum absolute atomic E-state index is 10.8. The zero-order chi connectivity index (χ0) is 12.5. The Hall–Kier alpha value is -1.92. The smallest absolute Gasteiger partial charge is 0.336 e. The lowest BCUT2D eigenvalue weighted by atomic mass is 9.98. The Bertz CT molecular complexity index is 443. The number of benzene rings is 1. The van der Waals surface area contributed by atoms with Crippen LogP contribution in [0.4, 0.5) is 0 Å². The van der Waals surface area contributed by atoms with Gasteiger partial charge in [-0.05, 0) is 25.1 Å². The lowest BCUT2D eigenvalue weighted by molar-refractivity contribution is -0.153. The number of hydrogen-bond acceptors (Lipinski definition) is 4. The van der Waals surface area contributed by atoms with E-state index in [1.54, 1.807) is 0 Å². The molecule has 0 radical (unpaired) electrons. The summed E-state index contributed by atoms with van der Waals surface area (Å²) in [6.07, 6.45) is 0. The molecule has 0 spiro atoms. The average molecular weight is 226 g/mol. The number of carbonyl (C=O) groups is 2. The highest BCUT2D eigenvalue weighted by Crippen LogP contribution is 2.23. The second kappa shape index (κ2) is 3.92. The van der Waals surface area contributed by atoms with E-state index in [2.05, 4.69) is 0 Å². The quantitative estimate of drug-likeness (QED) is 0.549. The van der Waals surface area contributed by atoms with Gasteiger partial charge in [0.05, 0.1) is 11.1 Å². The van der Waals surface area contributed by atoms with Gasteiger partial charge in [0.25, 0.3) is 0 Å². The topological polar surface area (TPSA) is 115 Å². The van der Waals surface area contributed by atoms with E-state index in [0.29, 0.717) is 0 Å². The first-order chi connectivity index (χ1) is 7.23. The molecule has 0 aliphatic rings. The second-order valence-corrected chi connectivity index (χ2v) is 3.39. The fourth-order valence-electron chi connectivity index (χ4n) is 1.26. The van der Waals surface area contributed by atoms with Gasteiger partial charge in [-0.1, -0.05) is 0 Å². The third-order valence-electron chi connectivity index (χ3n) is 2.01. The zero-order valence-electron chi connectivity index (χ0n) is 8.34. The van der Waals surface area contributed by atoms with E-state index in [1.807, 2.05) is 0 Å². The molecule has 0 unspecified atom stereocenters. The van der Waals surface area contributed by atoms with Gasteiger partial charge in [-0.3, -0.25) is 0 Å². The Morgan fingerprint density at radius 1 is 1.12 bits per heavy atom. The molecule has 4 N–H and O–H groups in total. The van der Waals surface area contributed by atoms with E-state index in [1.165, 1.54) is 0 Å². The van der Waals surface area contributed by atoms with Crippen LogP contribution in [0.3, 0.4) is 0 Å². The van der Waals surface area contributed by atoms with Gasteiger partial charge < -0.3 is 20.4 Å². The van der Waals surface area contributed by atoms with Crippen LogP contribution in [0, 0.1) is 0 Å². The summed E-state index contributed by atoms with van der Waals surface area (Å²) in [6.45, 7) is 0.959. The SMILES string of the molecule is CC(O)(O)c1cc(C(=O)O)ccc1C(=O)O. The maximum Gasteiger partial charge on any atom is 0.336 e. The highest BCUT2D eigenvalue weighted by molar-refractivity contribution is 5.93. The Kier molecular flexibility index (Phi) is 2.97. The molecule has 16 heavy (non-hydrogen) atoms. The molecular formula is C10H10O6. The Morgan fingerprint density at radius 2 is 1.69 bits per heavy atom. The van der Waals surface area contributed by atoms with Crippen LogP contribution in [0.15, 0.2) is 18.2 Å². The van der Waals surface area contributed by atoms with Crippen molar-refractivity contribution in [2.24, 2.45) is 0 Å². The Morgan fingerprint density at radius 3 is 2.06 bits per heavy atom. The lowest BCUT2D eigenvalue weighted by Gasteiger charge is -2.18. The van der Waals surface area contributed by atoms with Crippen molar-refractivity contribution in [3.63, 3.8) is 0 Å². The number of carboxylic acid groups (broad SMARTS) is 2. The molecule has 1 aromatic rings. The molecular weight excluding hydrogens is 216 g/mol. The van der Waals surface area contributed by atoms with Crippen LogP contribution in [0.1, 0.15) is 33.2 Å². The van der Waals surface area contributed by atoms with Gasteiger partial charge in [-0.2, -0.15) is 0 Å². The van der Waals surface area contributed by atoms with Crippen molar-refractivity contribution in [3.05, 3.63) is 34.9 Å². The van der Waals surface area contributed by atoms with Crippen LogP contribution in [-0.2, 0) is 5.79 Å². The minimum absolute atomic E-state index is 0.214. The van der Waals surface area contributed by atoms with E-state index in [4.69, 9.17) is 10.2 Å². The summed E-state index contributed by atoms with van der Waals surface area (Å²) in [5.41, 5.74) is -0.924. The summed E-state index contributed by atoms with van der Waals surface area (Å²) in [5.74, 6) is -5.04. The van der Waals surface area contributed by atoms with E-state index in [-0.39, 0.29) is 16.7 Å². The van der Waals surface area contributed by atoms with Gasteiger partial charge in [0, 0.05) is 5.56 Å². The van der Waals surface area contributed by atoms with Crippen molar-refractivity contribution in [1.29, 1.82) is 0 Å². The van der Waals surface area contributed by atoms with Crippen molar-refractivity contribution in [1.82, 2.24) is 0 Å². The number of hydrogen-bond donors (Lipinski definition) is 4. The molecule has 0 fully saturated rings. The summed E-state index contributed by atoms with van der Waals surface area (Å²) >= 11 is 0. The van der Waals surface area contributed by atoms with Gasteiger partial charge in [-0.15, -0.1) is 0 Å². The molecule has 0 aromatic heterocycles. The van der Waals surface area contributed by atoms with Gasteiger partial charge in [0.1, 0.15) is 0 Å². The molecule has 1 aromatic carbocycles. The summed E-state index contributed by atoms with van der Waals surface area (Å²) < 4.78 is 0. The number of rotatable bonds is 3. The van der Waals surface area contributed by atoms with Crippen molar-refractivity contribution in [2.75, 3.05) is 0 Å². The van der Waals surface area contributed by atoms with Crippen LogP contribution in [-0.4, -0.2) is 32.4 Å². The number of aliphatic hydroxyl groups is 2. The standard InChI is InChI=1S/C10H10O6/c1-10(15,16)7-4-5(8(11)12)2-3-6(7)9(13)14/h2-4,15-16H,1H3,(H,11,12)(H,13,14). The van der Waals surface area contributed by atoms with Crippen molar-refractivity contribution in [3.8, 4) is 0 Å². The third kappa shape index (κ3) is 2.36. The first-order valence-corrected chi connectivity index (χ1v) is 4.29. The largest absolute Gasteiger partial charge is 0.478 e. The molecule has 1 rings (SSSR count). The minimum atomic E-state index is -2.40. The van der Waals surface area contributed by atoms with Gasteiger partial charge in [0.2, 0.25) is 0 Å². The molecule has 0 saturated carbocycles. The Labute approximate surface area is 90.4 Å². The van der Waals surface area contributed by atoms with Crippen molar-refractivity contribution < 1.29 is 30.0 Å². The summed E-state index contributed by atoms with van der Waals surface area (Å²) in [5, 5.41) is 36.1. The zero-order valence-corrected chi connectivity index (χ0v) is 8.34. The second-order valence-electron chi connectivity index (χ2n) is 3.39. The van der Waals surface area contributed by atoms with Crippen LogP contribution >= 0.6 is 0 Å². The molecule has 6 nitrogen and oxygen atoms in total. The highest BCUT2D eigenvalue weighted by Gasteiger charge is 2.26. The average Bonchev–Trinajstić information content (AvgIpc) is 2.15. The molecule has 0 bridgehead atoms. The molecule has 6 heteroatoms. The van der Waals surface area contributed by atoms with Gasteiger partial charge in [-0.25, -0.2) is 9.59 Å². The molecule has 0 saturated heterocycles. The highest BCUT2D eigenvalue weighted by atomic mass is 16.5. The van der Waals surface area contributed by atoms with E-state index in [9.17, 15) is 19.8 Å². The van der Waals surface area contributed by atoms with Crippen LogP contribution < -0.4 is 0 Å². The summed E-state index contributed by atoms with van der Waals surface area (Å²) in [6, 6.07) is 3.03. The number of aromatic carboxylic acids is 2. The fraction of sp³-hybridized carbons (Fsp3) is 0.200. The maximum atomic E-state index is 10.8. The van der Waals surface area contributed by atoms with Crippen LogP contribution in [0.25, 0.3) is 0 Å². The summed E-state index contributed by atoms with van der Waals surface area (Å²) in [7, 11) is 0. The lowest BCUT2D eigenvalue weighted by Crippen LogP contribution is -2.24. The molecule has 0 atom stereocenters. The van der Waals surface area contributed by atoms with E-state index >= 15 is 0 Å². The third-order valence-corrected chi connectivity index (χ3v) is 2.01.